The lowest BCUT2D eigenvalue weighted by Crippen LogP contribution is -2.53. The molecule has 0 radical (unpaired) electrons. The monoisotopic (exact) mass is 376 g/mol. The molecular weight excluding hydrogens is 358 g/mol. The number of carbonyl (C=O) groups is 1. The number of ether oxygens (including phenoxy) is 1. The number of rotatable bonds is 3. The zero-order valence-corrected chi connectivity index (χ0v) is 14.7. The highest BCUT2D eigenvalue weighted by Crippen LogP contribution is 2.29. The van der Waals surface area contributed by atoms with Crippen LogP contribution in [0.25, 0.3) is 0 Å². The highest BCUT2D eigenvalue weighted by Gasteiger charge is 2.36. The molecule has 0 saturated carbocycles. The van der Waals surface area contributed by atoms with E-state index in [0.717, 1.165) is 12.1 Å². The summed E-state index contributed by atoms with van der Waals surface area (Å²) >= 11 is 0. The van der Waals surface area contributed by atoms with Crippen molar-refractivity contribution in [3.05, 3.63) is 51.9 Å². The minimum Gasteiger partial charge on any atom is -0.473 e. The summed E-state index contributed by atoms with van der Waals surface area (Å²) in [6.45, 7) is 3.74. The van der Waals surface area contributed by atoms with Crippen LogP contribution in [0, 0.1) is 11.6 Å². The second-order valence-electron chi connectivity index (χ2n) is 6.70. The maximum absolute atomic E-state index is 13.3. The molecule has 0 N–H and O–H groups in total. The summed E-state index contributed by atoms with van der Waals surface area (Å²) in [7, 11) is 0. The number of benzene rings is 1. The molecule has 1 aromatic carbocycles. The molecule has 2 aliphatic heterocycles. The summed E-state index contributed by atoms with van der Waals surface area (Å²) < 4.78 is 33.4. The van der Waals surface area contributed by atoms with Crippen molar-refractivity contribution in [2.24, 2.45) is 0 Å². The number of nitrogens with zero attached hydrogens (tertiary/aromatic N) is 4. The van der Waals surface area contributed by atoms with E-state index in [1.54, 1.807) is 15.5 Å². The summed E-state index contributed by atoms with van der Waals surface area (Å²) in [5, 5.41) is 0. The van der Waals surface area contributed by atoms with Gasteiger partial charge in [0.25, 0.3) is 0 Å². The molecule has 142 valence electrons. The molecule has 1 saturated heterocycles. The van der Waals surface area contributed by atoms with Gasteiger partial charge < -0.3 is 14.5 Å². The molecule has 1 fully saturated rings. The van der Waals surface area contributed by atoms with Crippen LogP contribution in [0.5, 0.6) is 5.88 Å². The first-order valence-electron chi connectivity index (χ1n) is 8.63. The first kappa shape index (κ1) is 17.4. The highest BCUT2D eigenvalue weighted by atomic mass is 19.2. The molecule has 2 aliphatic rings. The second kappa shape index (κ2) is 6.64. The summed E-state index contributed by atoms with van der Waals surface area (Å²) in [5.41, 5.74) is 0.000751. The first-order valence-corrected chi connectivity index (χ1v) is 8.63. The van der Waals surface area contributed by atoms with Crippen molar-refractivity contribution in [3.63, 3.8) is 0 Å². The molecule has 0 spiro atoms. The lowest BCUT2D eigenvalue weighted by molar-refractivity contribution is -0.129. The van der Waals surface area contributed by atoms with Crippen LogP contribution in [0.4, 0.5) is 14.6 Å². The lowest BCUT2D eigenvalue weighted by atomic mass is 10.2. The van der Waals surface area contributed by atoms with Crippen molar-refractivity contribution in [2.45, 2.75) is 26.1 Å². The van der Waals surface area contributed by atoms with Crippen molar-refractivity contribution in [1.29, 1.82) is 0 Å². The molecule has 7 nitrogen and oxygen atoms in total. The van der Waals surface area contributed by atoms with Gasteiger partial charge in [0.15, 0.2) is 11.6 Å². The van der Waals surface area contributed by atoms with Crippen molar-refractivity contribution in [1.82, 2.24) is 14.5 Å². The maximum atomic E-state index is 13.3. The SMILES string of the molecule is CC(=O)N1CCN2c3cc(OCc4ccc(F)c(F)c4)nc(=O)n3CC2C1. The van der Waals surface area contributed by atoms with Gasteiger partial charge >= 0.3 is 5.69 Å². The normalized spacial score (nSPS) is 18.3. The second-order valence-corrected chi connectivity index (χ2v) is 6.70. The molecule has 0 bridgehead atoms. The van der Waals surface area contributed by atoms with Gasteiger partial charge in [-0.3, -0.25) is 9.36 Å². The fourth-order valence-electron chi connectivity index (χ4n) is 3.55. The van der Waals surface area contributed by atoms with Crippen LogP contribution in [0.1, 0.15) is 12.5 Å². The van der Waals surface area contributed by atoms with Gasteiger partial charge in [0.1, 0.15) is 12.4 Å². The van der Waals surface area contributed by atoms with Crippen molar-refractivity contribution in [2.75, 3.05) is 24.5 Å². The minimum atomic E-state index is -0.954. The predicted molar refractivity (Wildman–Crippen MR) is 92.6 cm³/mol. The smallest absolute Gasteiger partial charge is 0.352 e. The lowest BCUT2D eigenvalue weighted by Gasteiger charge is -2.37. The molecule has 1 unspecified atom stereocenters. The third kappa shape index (κ3) is 3.24. The van der Waals surface area contributed by atoms with Crippen molar-refractivity contribution in [3.8, 4) is 5.88 Å². The van der Waals surface area contributed by atoms with Crippen molar-refractivity contribution < 1.29 is 18.3 Å². The molecule has 9 heteroatoms. The van der Waals surface area contributed by atoms with E-state index in [9.17, 15) is 18.4 Å². The van der Waals surface area contributed by atoms with E-state index < -0.39 is 17.3 Å². The minimum absolute atomic E-state index is 0.0200. The van der Waals surface area contributed by atoms with Crippen LogP contribution in [0.2, 0.25) is 0 Å². The Morgan fingerprint density at radius 2 is 2.04 bits per heavy atom. The van der Waals surface area contributed by atoms with Crippen LogP contribution < -0.4 is 15.3 Å². The Hall–Kier alpha value is -2.97. The van der Waals surface area contributed by atoms with E-state index in [1.807, 2.05) is 0 Å². The average Bonchev–Trinajstić information content (AvgIpc) is 3.01. The Balaban J connectivity index is 1.53. The molecular formula is C18H18F2N4O3. The number of amides is 1. The number of fused-ring (bicyclic) bond motifs is 3. The zero-order chi connectivity index (χ0) is 19.1. The first-order chi connectivity index (χ1) is 12.9. The molecule has 1 atom stereocenters. The number of piperazine rings is 1. The molecule has 4 rings (SSSR count). The van der Waals surface area contributed by atoms with Crippen LogP contribution >= 0.6 is 0 Å². The Bertz CT molecular complexity index is 962. The Kier molecular flexibility index (Phi) is 4.29. The average molecular weight is 376 g/mol. The van der Waals surface area contributed by atoms with Gasteiger partial charge in [0.05, 0.1) is 12.6 Å². The summed E-state index contributed by atoms with van der Waals surface area (Å²) in [6, 6.07) is 5.18. The van der Waals surface area contributed by atoms with Gasteiger partial charge in [0.2, 0.25) is 11.8 Å². The van der Waals surface area contributed by atoms with E-state index in [0.29, 0.717) is 37.6 Å². The number of aromatic nitrogens is 2. The molecule has 1 aromatic heterocycles. The van der Waals surface area contributed by atoms with Crippen LogP contribution in [0.3, 0.4) is 0 Å². The van der Waals surface area contributed by atoms with Crippen LogP contribution in [-0.4, -0.2) is 46.0 Å². The van der Waals surface area contributed by atoms with Crippen LogP contribution in [-0.2, 0) is 17.9 Å². The maximum Gasteiger partial charge on any atom is 0.352 e. The molecule has 2 aromatic rings. The van der Waals surface area contributed by atoms with Gasteiger partial charge in [0, 0.05) is 32.6 Å². The molecule has 0 aliphatic carbocycles. The fourth-order valence-corrected chi connectivity index (χ4v) is 3.55. The van der Waals surface area contributed by atoms with E-state index in [-0.39, 0.29) is 24.4 Å². The zero-order valence-electron chi connectivity index (χ0n) is 14.7. The van der Waals surface area contributed by atoms with E-state index in [1.165, 1.54) is 13.0 Å². The number of halogens is 2. The van der Waals surface area contributed by atoms with E-state index in [4.69, 9.17) is 4.74 Å². The number of hydrogen-bond donors (Lipinski definition) is 0. The summed E-state index contributed by atoms with van der Waals surface area (Å²) in [5.74, 6) is -1.03. The molecule has 3 heterocycles. The quantitative estimate of drug-likeness (QED) is 0.804. The Morgan fingerprint density at radius 3 is 2.78 bits per heavy atom. The Labute approximate surface area is 153 Å². The summed E-state index contributed by atoms with van der Waals surface area (Å²) in [6.07, 6.45) is 0. The third-order valence-electron chi connectivity index (χ3n) is 4.95. The standard InChI is InChI=1S/C18H18F2N4O3/c1-11(25)22-4-5-23-13(8-22)9-24-17(23)7-16(21-18(24)26)27-10-12-2-3-14(19)15(20)6-12/h2-3,6-7,13H,4-5,8-10H2,1H3. The number of carbonyl (C=O) groups excluding carboxylic acids is 1. The van der Waals surface area contributed by atoms with Crippen LogP contribution in [0.15, 0.2) is 29.1 Å². The van der Waals surface area contributed by atoms with E-state index in [2.05, 4.69) is 9.88 Å². The predicted octanol–water partition coefficient (Wildman–Crippen LogP) is 1.15. The number of anilines is 1. The topological polar surface area (TPSA) is 67.7 Å². The molecule has 1 amide bonds. The van der Waals surface area contributed by atoms with Gasteiger partial charge in [-0.05, 0) is 17.7 Å². The van der Waals surface area contributed by atoms with Gasteiger partial charge in [-0.2, -0.15) is 4.98 Å². The third-order valence-corrected chi connectivity index (χ3v) is 4.95. The molecule has 27 heavy (non-hydrogen) atoms. The summed E-state index contributed by atoms with van der Waals surface area (Å²) in [4.78, 5) is 31.7. The van der Waals surface area contributed by atoms with Gasteiger partial charge in [-0.1, -0.05) is 6.07 Å². The van der Waals surface area contributed by atoms with Gasteiger partial charge in [-0.15, -0.1) is 0 Å². The van der Waals surface area contributed by atoms with Gasteiger partial charge in [-0.25, -0.2) is 13.6 Å². The fraction of sp³-hybridized carbons (Fsp3) is 0.389. The number of hydrogen-bond acceptors (Lipinski definition) is 5. The van der Waals surface area contributed by atoms with E-state index >= 15 is 0 Å². The highest BCUT2D eigenvalue weighted by molar-refractivity contribution is 5.73. The van der Waals surface area contributed by atoms with Crippen molar-refractivity contribution >= 4 is 11.7 Å². The largest absolute Gasteiger partial charge is 0.473 e. The Morgan fingerprint density at radius 1 is 1.22 bits per heavy atom.